The third kappa shape index (κ3) is 6.41. The van der Waals surface area contributed by atoms with Crippen LogP contribution in [0.25, 0.3) is 32.8 Å². The van der Waals surface area contributed by atoms with Gasteiger partial charge in [-0.25, -0.2) is 17.9 Å². The van der Waals surface area contributed by atoms with E-state index in [0.29, 0.717) is 28.3 Å². The Bertz CT molecular complexity index is 2340. The van der Waals surface area contributed by atoms with E-state index in [4.69, 9.17) is 20.9 Å². The van der Waals surface area contributed by atoms with Crippen LogP contribution in [0.2, 0.25) is 5.02 Å². The van der Waals surface area contributed by atoms with Gasteiger partial charge in [0.05, 0.1) is 22.6 Å². The zero-order valence-corrected chi connectivity index (χ0v) is 28.7. The standard InChI is InChI=1S/C41H33ClN2O5S/c1-2-48-41(45)36-39(35-30-22-12-14-24-32(30)37(42)33-25-15-13-23-31(33)35)43-49-40(36)34(26-27-16-6-3-7-17-27)38(28-18-8-4-9-19-28)44-50(46,47)29-20-10-5-11-21-29/h3-25,34,38,44H,2,26H2,1H3/t34-,38-/m0/s1. The summed E-state index contributed by atoms with van der Waals surface area (Å²) < 4.78 is 43.0. The maximum absolute atomic E-state index is 14.2. The third-order valence-electron chi connectivity index (χ3n) is 8.83. The lowest BCUT2D eigenvalue weighted by atomic mass is 9.83. The van der Waals surface area contributed by atoms with Crippen LogP contribution in [-0.2, 0) is 21.2 Å². The van der Waals surface area contributed by atoms with E-state index in [0.717, 1.165) is 27.1 Å². The second-order valence-corrected chi connectivity index (χ2v) is 14.0. The van der Waals surface area contributed by atoms with Crippen LogP contribution in [-0.4, -0.2) is 26.2 Å². The summed E-state index contributed by atoms with van der Waals surface area (Å²) in [4.78, 5) is 14.3. The summed E-state index contributed by atoms with van der Waals surface area (Å²) in [5.74, 6) is -1.17. The molecule has 1 N–H and O–H groups in total. The summed E-state index contributed by atoms with van der Waals surface area (Å²) in [7, 11) is -4.05. The SMILES string of the molecule is CCOC(=O)c1c(-c2c3ccccc3c(Cl)c3ccccc23)noc1[C@@H](Cc1ccccc1)[C@@H](NS(=O)(=O)c1ccccc1)c1ccccc1. The number of halogens is 1. The molecule has 50 heavy (non-hydrogen) atoms. The number of sulfonamides is 1. The Morgan fingerprint density at radius 1 is 0.760 bits per heavy atom. The van der Waals surface area contributed by atoms with Crippen molar-refractivity contribution in [2.45, 2.75) is 30.2 Å². The van der Waals surface area contributed by atoms with Crippen molar-refractivity contribution >= 4 is 49.1 Å². The van der Waals surface area contributed by atoms with Crippen molar-refractivity contribution in [2.75, 3.05) is 6.61 Å². The van der Waals surface area contributed by atoms with Crippen LogP contribution in [0.4, 0.5) is 0 Å². The first-order valence-corrected chi connectivity index (χ1v) is 18.2. The fourth-order valence-corrected chi connectivity index (χ4v) is 8.18. The molecule has 0 aliphatic rings. The first-order chi connectivity index (χ1) is 24.4. The molecule has 0 saturated heterocycles. The summed E-state index contributed by atoms with van der Waals surface area (Å²) in [5.41, 5.74) is 2.68. The molecule has 1 heterocycles. The molecule has 0 spiro atoms. The number of nitrogens with one attached hydrogen (secondary N) is 1. The lowest BCUT2D eigenvalue weighted by Gasteiger charge is -2.27. The highest BCUT2D eigenvalue weighted by molar-refractivity contribution is 7.89. The minimum absolute atomic E-state index is 0.108. The van der Waals surface area contributed by atoms with Crippen LogP contribution < -0.4 is 4.72 Å². The minimum atomic E-state index is -4.05. The molecule has 250 valence electrons. The molecule has 0 fully saturated rings. The molecule has 0 radical (unpaired) electrons. The zero-order chi connectivity index (χ0) is 34.7. The molecule has 7 rings (SSSR count). The maximum atomic E-state index is 14.2. The summed E-state index contributed by atoms with van der Waals surface area (Å²) in [6.07, 6.45) is 0.306. The van der Waals surface area contributed by atoms with E-state index >= 15 is 0 Å². The van der Waals surface area contributed by atoms with Crippen LogP contribution in [0, 0.1) is 0 Å². The molecule has 0 bridgehead atoms. The largest absolute Gasteiger partial charge is 0.462 e. The number of hydrogen-bond acceptors (Lipinski definition) is 6. The van der Waals surface area contributed by atoms with Gasteiger partial charge in [-0.2, -0.15) is 0 Å². The van der Waals surface area contributed by atoms with E-state index in [-0.39, 0.29) is 22.8 Å². The number of ether oxygens (including phenoxy) is 1. The van der Waals surface area contributed by atoms with Gasteiger partial charge in [-0.1, -0.05) is 144 Å². The Morgan fingerprint density at radius 2 is 1.28 bits per heavy atom. The van der Waals surface area contributed by atoms with Gasteiger partial charge in [0.2, 0.25) is 10.0 Å². The number of fused-ring (bicyclic) bond motifs is 2. The fraction of sp³-hybridized carbons (Fsp3) is 0.122. The fourth-order valence-electron chi connectivity index (χ4n) is 6.57. The number of carbonyl (C=O) groups excluding carboxylic acids is 1. The summed E-state index contributed by atoms with van der Waals surface area (Å²) in [5, 5.41) is 8.35. The Labute approximate surface area is 295 Å². The Kier molecular flexibility index (Phi) is 9.50. The normalized spacial score (nSPS) is 12.9. The molecule has 0 unspecified atom stereocenters. The van der Waals surface area contributed by atoms with Gasteiger partial charge < -0.3 is 9.26 Å². The number of aromatic nitrogens is 1. The third-order valence-corrected chi connectivity index (χ3v) is 10.7. The topological polar surface area (TPSA) is 98.5 Å². The minimum Gasteiger partial charge on any atom is -0.462 e. The van der Waals surface area contributed by atoms with Gasteiger partial charge in [0.25, 0.3) is 0 Å². The highest BCUT2D eigenvalue weighted by atomic mass is 35.5. The number of esters is 1. The number of benzene rings is 6. The molecule has 7 nitrogen and oxygen atoms in total. The van der Waals surface area contributed by atoms with Gasteiger partial charge in [0.1, 0.15) is 11.3 Å². The monoisotopic (exact) mass is 700 g/mol. The maximum Gasteiger partial charge on any atom is 0.344 e. The molecule has 2 atom stereocenters. The van der Waals surface area contributed by atoms with E-state index in [1.54, 1.807) is 37.3 Å². The second-order valence-electron chi connectivity index (χ2n) is 11.9. The Balaban J connectivity index is 1.51. The van der Waals surface area contributed by atoms with Gasteiger partial charge in [-0.05, 0) is 47.4 Å². The van der Waals surface area contributed by atoms with Gasteiger partial charge >= 0.3 is 5.97 Å². The second kappa shape index (κ2) is 14.3. The lowest BCUT2D eigenvalue weighted by molar-refractivity contribution is 0.0523. The van der Waals surface area contributed by atoms with Crippen molar-refractivity contribution in [1.82, 2.24) is 9.88 Å². The average molecular weight is 701 g/mol. The molecule has 9 heteroatoms. The Hall–Kier alpha value is -5.28. The average Bonchev–Trinajstić information content (AvgIpc) is 3.59. The Morgan fingerprint density at radius 3 is 1.86 bits per heavy atom. The van der Waals surface area contributed by atoms with E-state index in [2.05, 4.69) is 9.88 Å². The molecule has 1 aromatic heterocycles. The van der Waals surface area contributed by atoms with Crippen molar-refractivity contribution in [2.24, 2.45) is 0 Å². The first kappa shape index (κ1) is 33.2. The van der Waals surface area contributed by atoms with Gasteiger partial charge in [0, 0.05) is 22.3 Å². The molecule has 7 aromatic rings. The van der Waals surface area contributed by atoms with Crippen LogP contribution >= 0.6 is 11.6 Å². The summed E-state index contributed by atoms with van der Waals surface area (Å²) >= 11 is 6.95. The molecule has 0 aliphatic carbocycles. The van der Waals surface area contributed by atoms with Crippen LogP contribution in [0.1, 0.15) is 46.1 Å². The molecule has 0 amide bonds. The predicted octanol–water partition coefficient (Wildman–Crippen LogP) is 9.52. The van der Waals surface area contributed by atoms with E-state index in [9.17, 15) is 13.2 Å². The number of carbonyl (C=O) groups is 1. The van der Waals surface area contributed by atoms with Crippen molar-refractivity contribution < 1.29 is 22.5 Å². The number of hydrogen-bond donors (Lipinski definition) is 1. The predicted molar refractivity (Wildman–Crippen MR) is 197 cm³/mol. The molecular weight excluding hydrogens is 668 g/mol. The van der Waals surface area contributed by atoms with Crippen LogP contribution in [0.15, 0.2) is 149 Å². The molecule has 0 aliphatic heterocycles. The molecular formula is C41H33ClN2O5S. The highest BCUT2D eigenvalue weighted by Gasteiger charge is 2.38. The van der Waals surface area contributed by atoms with Crippen molar-refractivity contribution in [1.29, 1.82) is 0 Å². The number of rotatable bonds is 11. The number of nitrogens with zero attached hydrogens (tertiary/aromatic N) is 1. The van der Waals surface area contributed by atoms with E-state index < -0.39 is 28.0 Å². The van der Waals surface area contributed by atoms with Crippen LogP contribution in [0.5, 0.6) is 0 Å². The van der Waals surface area contributed by atoms with Crippen LogP contribution in [0.3, 0.4) is 0 Å². The smallest absolute Gasteiger partial charge is 0.344 e. The van der Waals surface area contributed by atoms with Crippen molar-refractivity contribution in [3.05, 3.63) is 167 Å². The van der Waals surface area contributed by atoms with Gasteiger partial charge in [0.15, 0.2) is 5.76 Å². The lowest BCUT2D eigenvalue weighted by Crippen LogP contribution is -2.34. The van der Waals surface area contributed by atoms with Gasteiger partial charge in [-0.15, -0.1) is 0 Å². The van der Waals surface area contributed by atoms with E-state index in [1.165, 1.54) is 0 Å². The quantitative estimate of drug-likeness (QED) is 0.107. The molecule has 6 aromatic carbocycles. The summed E-state index contributed by atoms with van der Waals surface area (Å²) in [6, 6.07) is 41.7. The van der Waals surface area contributed by atoms with Crippen molar-refractivity contribution in [3.63, 3.8) is 0 Å². The first-order valence-electron chi connectivity index (χ1n) is 16.3. The highest BCUT2D eigenvalue weighted by Crippen LogP contribution is 2.45. The van der Waals surface area contributed by atoms with Crippen molar-refractivity contribution in [3.8, 4) is 11.3 Å². The molecule has 0 saturated carbocycles. The van der Waals surface area contributed by atoms with Gasteiger partial charge in [-0.3, -0.25) is 0 Å². The zero-order valence-electron chi connectivity index (χ0n) is 27.1. The van der Waals surface area contributed by atoms with E-state index in [1.807, 2.05) is 109 Å². The summed E-state index contributed by atoms with van der Waals surface area (Å²) in [6.45, 7) is 1.84.